The molecule has 2 unspecified atom stereocenters. The Kier molecular flexibility index (Phi) is 4.81. The van der Waals surface area contributed by atoms with Crippen LogP contribution in [0, 0.1) is 24.4 Å². The molecule has 1 aromatic carbocycles. The third-order valence-electron chi connectivity index (χ3n) is 4.28. The molecule has 0 amide bonds. The summed E-state index contributed by atoms with van der Waals surface area (Å²) in [6, 6.07) is 1.48. The Morgan fingerprint density at radius 2 is 1.67 bits per heavy atom. The molecule has 0 aliphatic carbocycles. The average Bonchev–Trinajstić information content (AvgIpc) is 2.44. The number of anilines is 1. The van der Waals surface area contributed by atoms with Crippen molar-refractivity contribution in [3.8, 4) is 0 Å². The van der Waals surface area contributed by atoms with Crippen LogP contribution in [0.4, 0.5) is 18.9 Å². The van der Waals surface area contributed by atoms with Crippen LogP contribution in [0.5, 0.6) is 0 Å². The highest BCUT2D eigenvalue weighted by Crippen LogP contribution is 2.29. The summed E-state index contributed by atoms with van der Waals surface area (Å²) in [5, 5.41) is 0. The van der Waals surface area contributed by atoms with Crippen molar-refractivity contribution < 1.29 is 13.2 Å². The Labute approximate surface area is 124 Å². The van der Waals surface area contributed by atoms with E-state index in [0.29, 0.717) is 13.1 Å². The van der Waals surface area contributed by atoms with E-state index in [2.05, 4.69) is 25.7 Å². The van der Waals surface area contributed by atoms with Gasteiger partial charge in [0.15, 0.2) is 17.5 Å². The van der Waals surface area contributed by atoms with Gasteiger partial charge in [-0.2, -0.15) is 0 Å². The molecule has 1 aliphatic rings. The molecule has 0 saturated carbocycles. The van der Waals surface area contributed by atoms with E-state index in [1.807, 2.05) is 4.90 Å². The van der Waals surface area contributed by atoms with E-state index >= 15 is 0 Å². The van der Waals surface area contributed by atoms with Crippen molar-refractivity contribution in [1.29, 1.82) is 0 Å². The third-order valence-corrected chi connectivity index (χ3v) is 4.28. The second kappa shape index (κ2) is 6.26. The van der Waals surface area contributed by atoms with Crippen molar-refractivity contribution in [2.24, 2.45) is 0 Å². The molecular formula is C16H23F3N2. The lowest BCUT2D eigenvalue weighted by Gasteiger charge is -2.45. The second-order valence-corrected chi connectivity index (χ2v) is 5.97. The van der Waals surface area contributed by atoms with Gasteiger partial charge in [0.1, 0.15) is 0 Å². The van der Waals surface area contributed by atoms with E-state index in [9.17, 15) is 13.2 Å². The molecule has 1 heterocycles. The zero-order valence-corrected chi connectivity index (χ0v) is 13.1. The molecule has 1 aliphatic heterocycles. The zero-order chi connectivity index (χ0) is 15.7. The lowest BCUT2D eigenvalue weighted by Crippen LogP contribution is -2.57. The van der Waals surface area contributed by atoms with Crippen LogP contribution in [0.15, 0.2) is 6.07 Å². The fourth-order valence-corrected chi connectivity index (χ4v) is 3.20. The topological polar surface area (TPSA) is 6.48 Å². The minimum atomic E-state index is -1.10. The Morgan fingerprint density at radius 3 is 2.19 bits per heavy atom. The summed E-state index contributed by atoms with van der Waals surface area (Å²) in [6.45, 7) is 9.81. The average molecular weight is 300 g/mol. The van der Waals surface area contributed by atoms with Crippen LogP contribution in [-0.2, 0) is 0 Å². The summed E-state index contributed by atoms with van der Waals surface area (Å²) < 4.78 is 41.3. The number of piperazine rings is 1. The molecule has 1 saturated heterocycles. The Morgan fingerprint density at radius 1 is 1.10 bits per heavy atom. The first-order valence-corrected chi connectivity index (χ1v) is 7.51. The number of hydrogen-bond donors (Lipinski definition) is 0. The predicted octanol–water partition coefficient (Wildman–Crippen LogP) is 3.72. The maximum atomic E-state index is 14.3. The van der Waals surface area contributed by atoms with Gasteiger partial charge in [-0.3, -0.25) is 4.90 Å². The highest BCUT2D eigenvalue weighted by atomic mass is 19.2. The van der Waals surface area contributed by atoms with E-state index in [4.69, 9.17) is 0 Å². The lowest BCUT2D eigenvalue weighted by atomic mass is 10.1. The molecule has 1 aromatic rings. The van der Waals surface area contributed by atoms with Crippen LogP contribution in [-0.4, -0.2) is 36.6 Å². The van der Waals surface area contributed by atoms with Gasteiger partial charge in [0.05, 0.1) is 5.69 Å². The maximum absolute atomic E-state index is 14.3. The van der Waals surface area contributed by atoms with Crippen LogP contribution in [0.1, 0.15) is 32.8 Å². The molecule has 1 fully saturated rings. The number of nitrogens with zero attached hydrogens (tertiary/aromatic N) is 2. The molecule has 5 heteroatoms. The first-order valence-electron chi connectivity index (χ1n) is 7.51. The summed E-state index contributed by atoms with van der Waals surface area (Å²) in [5.41, 5.74) is -0.0810. The van der Waals surface area contributed by atoms with Crippen LogP contribution < -0.4 is 4.90 Å². The molecule has 21 heavy (non-hydrogen) atoms. The van der Waals surface area contributed by atoms with E-state index in [0.717, 1.165) is 19.0 Å². The first-order chi connectivity index (χ1) is 9.86. The Balaban J connectivity index is 2.29. The minimum Gasteiger partial charge on any atom is -0.366 e. The first kappa shape index (κ1) is 16.1. The van der Waals surface area contributed by atoms with Gasteiger partial charge in [-0.25, -0.2) is 13.2 Å². The van der Waals surface area contributed by atoms with Crippen LogP contribution in [0.3, 0.4) is 0 Å². The van der Waals surface area contributed by atoms with Crippen LogP contribution in [0.2, 0.25) is 0 Å². The number of hydrogen-bond acceptors (Lipinski definition) is 2. The van der Waals surface area contributed by atoms with E-state index in [1.165, 1.54) is 6.92 Å². The molecule has 0 bridgehead atoms. The summed E-state index contributed by atoms with van der Waals surface area (Å²) in [7, 11) is 0. The Bertz CT molecular complexity index is 507. The summed E-state index contributed by atoms with van der Waals surface area (Å²) >= 11 is 0. The monoisotopic (exact) mass is 300 g/mol. The highest BCUT2D eigenvalue weighted by molar-refractivity contribution is 5.52. The van der Waals surface area contributed by atoms with Crippen LogP contribution >= 0.6 is 0 Å². The quantitative estimate of drug-likeness (QED) is 0.785. The molecule has 2 rings (SSSR count). The summed E-state index contributed by atoms with van der Waals surface area (Å²) in [6.07, 6.45) is 1.06. The molecule has 0 aromatic heterocycles. The SMILES string of the molecule is CCCN1C(C)CN(c2cc(F)c(F)c(C)c2F)CC1C. The smallest absolute Gasteiger partial charge is 0.164 e. The minimum absolute atomic E-state index is 0.168. The van der Waals surface area contributed by atoms with Crippen molar-refractivity contribution >= 4 is 5.69 Å². The van der Waals surface area contributed by atoms with E-state index in [-0.39, 0.29) is 23.3 Å². The van der Waals surface area contributed by atoms with Gasteiger partial charge in [0, 0.05) is 36.8 Å². The normalized spacial score (nSPS) is 23.7. The van der Waals surface area contributed by atoms with Gasteiger partial charge >= 0.3 is 0 Å². The molecule has 2 atom stereocenters. The van der Waals surface area contributed by atoms with Crippen molar-refractivity contribution in [3.05, 3.63) is 29.1 Å². The third kappa shape index (κ3) is 3.03. The molecule has 118 valence electrons. The fraction of sp³-hybridized carbons (Fsp3) is 0.625. The van der Waals surface area contributed by atoms with E-state index in [1.54, 1.807) is 0 Å². The second-order valence-electron chi connectivity index (χ2n) is 5.97. The van der Waals surface area contributed by atoms with Crippen molar-refractivity contribution in [2.45, 2.75) is 46.2 Å². The maximum Gasteiger partial charge on any atom is 0.164 e. The molecule has 2 nitrogen and oxygen atoms in total. The largest absolute Gasteiger partial charge is 0.366 e. The fourth-order valence-electron chi connectivity index (χ4n) is 3.20. The zero-order valence-electron chi connectivity index (χ0n) is 13.1. The summed E-state index contributed by atoms with van der Waals surface area (Å²) in [5.74, 6) is -2.74. The van der Waals surface area contributed by atoms with Gasteiger partial charge in [0.25, 0.3) is 0 Å². The molecule has 0 radical (unpaired) electrons. The highest BCUT2D eigenvalue weighted by Gasteiger charge is 2.31. The number of halogens is 3. The van der Waals surface area contributed by atoms with Gasteiger partial charge in [-0.05, 0) is 33.7 Å². The standard InChI is InChI=1S/C16H23F3N2/c1-5-6-21-10(2)8-20(9-11(21)3)14-7-13(17)15(18)12(4)16(14)19/h7,10-11H,5-6,8-9H2,1-4H3. The predicted molar refractivity (Wildman–Crippen MR) is 79.2 cm³/mol. The summed E-state index contributed by atoms with van der Waals surface area (Å²) in [4.78, 5) is 4.20. The number of benzene rings is 1. The van der Waals surface area contributed by atoms with Crippen molar-refractivity contribution in [3.63, 3.8) is 0 Å². The van der Waals surface area contributed by atoms with Crippen LogP contribution in [0.25, 0.3) is 0 Å². The molecule has 0 spiro atoms. The van der Waals surface area contributed by atoms with Gasteiger partial charge in [-0.15, -0.1) is 0 Å². The van der Waals surface area contributed by atoms with Crippen molar-refractivity contribution in [1.82, 2.24) is 4.90 Å². The Hall–Kier alpha value is -1.23. The van der Waals surface area contributed by atoms with E-state index < -0.39 is 17.5 Å². The number of rotatable bonds is 3. The van der Waals surface area contributed by atoms with Gasteiger partial charge in [-0.1, -0.05) is 6.92 Å². The van der Waals surface area contributed by atoms with Gasteiger partial charge < -0.3 is 4.90 Å². The molecular weight excluding hydrogens is 277 g/mol. The lowest BCUT2D eigenvalue weighted by molar-refractivity contribution is 0.131. The molecule has 0 N–H and O–H groups in total. The van der Waals surface area contributed by atoms with Crippen molar-refractivity contribution in [2.75, 3.05) is 24.5 Å². The van der Waals surface area contributed by atoms with Gasteiger partial charge in [0.2, 0.25) is 0 Å².